The molecule has 0 aliphatic carbocycles. The van der Waals surface area contributed by atoms with E-state index in [2.05, 4.69) is 0 Å². The van der Waals surface area contributed by atoms with Crippen molar-refractivity contribution in [2.24, 2.45) is 0 Å². The van der Waals surface area contributed by atoms with E-state index in [9.17, 15) is 12.8 Å². The Morgan fingerprint density at radius 2 is 1.57 bits per heavy atom. The molecule has 0 saturated carbocycles. The minimum absolute atomic E-state index is 0.164. The Morgan fingerprint density at radius 3 is 2.21 bits per heavy atom. The maximum atomic E-state index is 13.2. The molecular formula is C10H7FO2S. The van der Waals surface area contributed by atoms with Gasteiger partial charge in [0.15, 0.2) is 10.7 Å². The quantitative estimate of drug-likeness (QED) is 0.730. The molecule has 0 spiro atoms. The Labute approximate surface area is 81.9 Å². The summed E-state index contributed by atoms with van der Waals surface area (Å²) < 4.78 is 34.9. The van der Waals surface area contributed by atoms with Crippen LogP contribution in [-0.4, -0.2) is 8.42 Å². The highest BCUT2D eigenvalue weighted by atomic mass is 32.2. The van der Waals surface area contributed by atoms with E-state index in [-0.39, 0.29) is 4.90 Å². The molecule has 4 heteroatoms. The van der Waals surface area contributed by atoms with Gasteiger partial charge in [-0.1, -0.05) is 24.3 Å². The molecule has 0 aliphatic rings. The normalized spacial score (nSPS) is 11.0. The first-order valence-corrected chi connectivity index (χ1v) is 5.19. The molecule has 0 heterocycles. The van der Waals surface area contributed by atoms with Gasteiger partial charge in [-0.15, -0.1) is 0 Å². The van der Waals surface area contributed by atoms with Gasteiger partial charge in [-0.2, -0.15) is 0 Å². The van der Waals surface area contributed by atoms with E-state index in [1.807, 2.05) is 0 Å². The van der Waals surface area contributed by atoms with Gasteiger partial charge >= 0.3 is 0 Å². The summed E-state index contributed by atoms with van der Waals surface area (Å²) in [5.41, 5.74) is 0. The zero-order valence-electron chi connectivity index (χ0n) is 7.11. The summed E-state index contributed by atoms with van der Waals surface area (Å²) in [6, 6.07) is 8.97. The lowest BCUT2D eigenvalue weighted by Gasteiger charge is -2.00. The third-order valence-electron chi connectivity index (χ3n) is 2.04. The van der Waals surface area contributed by atoms with E-state index in [0.29, 0.717) is 10.8 Å². The highest BCUT2D eigenvalue weighted by Crippen LogP contribution is 2.22. The zero-order chi connectivity index (χ0) is 10.1. The van der Waals surface area contributed by atoms with E-state index >= 15 is 0 Å². The van der Waals surface area contributed by atoms with Crippen molar-refractivity contribution < 1.29 is 12.8 Å². The Morgan fingerprint density at radius 1 is 0.929 bits per heavy atom. The highest BCUT2D eigenvalue weighted by Gasteiger charge is 2.05. The zero-order valence-corrected chi connectivity index (χ0v) is 8.00. The second-order valence-corrected chi connectivity index (χ2v) is 3.87. The van der Waals surface area contributed by atoms with Crippen molar-refractivity contribution in [1.82, 2.24) is 0 Å². The smallest absolute Gasteiger partial charge is 0.168 e. The van der Waals surface area contributed by atoms with Crippen LogP contribution in [0.3, 0.4) is 0 Å². The second-order valence-electron chi connectivity index (χ2n) is 2.87. The number of hydrogen-bond donors (Lipinski definition) is 1. The van der Waals surface area contributed by atoms with Crippen LogP contribution < -0.4 is 0 Å². The number of benzene rings is 2. The van der Waals surface area contributed by atoms with Gasteiger partial charge in [0, 0.05) is 10.8 Å². The maximum Gasteiger partial charge on any atom is 0.168 e. The molecule has 0 atom stereocenters. The summed E-state index contributed by atoms with van der Waals surface area (Å²) in [6.45, 7) is 0. The molecule has 0 fully saturated rings. The summed E-state index contributed by atoms with van der Waals surface area (Å²) in [4.78, 5) is 0.164. The highest BCUT2D eigenvalue weighted by molar-refractivity contribution is 7.72. The van der Waals surface area contributed by atoms with Crippen LogP contribution in [0.1, 0.15) is 0 Å². The van der Waals surface area contributed by atoms with Crippen LogP contribution in [0.25, 0.3) is 10.8 Å². The standard InChI is InChI=1S/C10H7FO2S/c11-9-5-6-10(14(12)13)8-4-2-1-3-7(8)9/h1-6,14H. The van der Waals surface area contributed by atoms with Crippen molar-refractivity contribution >= 4 is 21.5 Å². The molecule has 72 valence electrons. The molecule has 2 aromatic carbocycles. The number of fused-ring (bicyclic) bond motifs is 1. The number of hydrogen-bond acceptors (Lipinski definition) is 2. The largest absolute Gasteiger partial charge is 0.227 e. The minimum Gasteiger partial charge on any atom is -0.227 e. The third kappa shape index (κ3) is 1.37. The Hall–Kier alpha value is -1.42. The third-order valence-corrected chi connectivity index (χ3v) is 2.83. The molecule has 2 aromatic rings. The van der Waals surface area contributed by atoms with Gasteiger partial charge in [0.25, 0.3) is 0 Å². The lowest BCUT2D eigenvalue weighted by atomic mass is 10.1. The van der Waals surface area contributed by atoms with Gasteiger partial charge in [-0.25, -0.2) is 12.8 Å². The first-order chi connectivity index (χ1) is 6.70. The predicted octanol–water partition coefficient (Wildman–Crippen LogP) is 1.95. The molecule has 0 bridgehead atoms. The van der Waals surface area contributed by atoms with Crippen LogP contribution >= 0.6 is 0 Å². The second kappa shape index (κ2) is 3.38. The minimum atomic E-state index is -2.67. The fourth-order valence-corrected chi connectivity index (χ4v) is 1.99. The molecule has 0 radical (unpaired) electrons. The van der Waals surface area contributed by atoms with E-state index < -0.39 is 16.5 Å². The van der Waals surface area contributed by atoms with E-state index in [1.54, 1.807) is 24.3 Å². The Balaban J connectivity index is 2.95. The number of halogens is 1. The van der Waals surface area contributed by atoms with Gasteiger partial charge < -0.3 is 0 Å². The average Bonchev–Trinajstić information content (AvgIpc) is 2.18. The lowest BCUT2D eigenvalue weighted by Crippen LogP contribution is -1.86. The first-order valence-electron chi connectivity index (χ1n) is 4.02. The van der Waals surface area contributed by atoms with Crippen LogP contribution in [-0.2, 0) is 10.7 Å². The molecule has 0 aromatic heterocycles. The van der Waals surface area contributed by atoms with Crippen molar-refractivity contribution in [3.05, 3.63) is 42.2 Å². The van der Waals surface area contributed by atoms with Gasteiger partial charge in [0.2, 0.25) is 0 Å². The van der Waals surface area contributed by atoms with E-state index in [4.69, 9.17) is 0 Å². The summed E-state index contributed by atoms with van der Waals surface area (Å²) in [5.74, 6) is -0.402. The molecule has 0 saturated heterocycles. The van der Waals surface area contributed by atoms with Crippen molar-refractivity contribution in [3.63, 3.8) is 0 Å². The molecule has 0 N–H and O–H groups in total. The molecule has 0 amide bonds. The Bertz CT molecular complexity index is 553. The maximum absolute atomic E-state index is 13.2. The summed E-state index contributed by atoms with van der Waals surface area (Å²) >= 11 is 0. The van der Waals surface area contributed by atoms with Crippen molar-refractivity contribution in [3.8, 4) is 0 Å². The van der Waals surface area contributed by atoms with Crippen molar-refractivity contribution in [1.29, 1.82) is 0 Å². The van der Waals surface area contributed by atoms with E-state index in [0.717, 1.165) is 0 Å². The number of rotatable bonds is 1. The van der Waals surface area contributed by atoms with Gasteiger partial charge in [0.1, 0.15) is 5.82 Å². The monoisotopic (exact) mass is 210 g/mol. The fraction of sp³-hybridized carbons (Fsp3) is 0. The van der Waals surface area contributed by atoms with Crippen molar-refractivity contribution in [2.45, 2.75) is 4.90 Å². The molecule has 14 heavy (non-hydrogen) atoms. The van der Waals surface area contributed by atoms with Crippen LogP contribution in [0.15, 0.2) is 41.3 Å². The summed E-state index contributed by atoms with van der Waals surface area (Å²) in [5, 5.41) is 0.771. The lowest BCUT2D eigenvalue weighted by molar-refractivity contribution is 0.614. The van der Waals surface area contributed by atoms with Gasteiger partial charge in [-0.3, -0.25) is 0 Å². The van der Waals surface area contributed by atoms with Crippen molar-refractivity contribution in [2.75, 3.05) is 0 Å². The van der Waals surface area contributed by atoms with E-state index in [1.165, 1.54) is 12.1 Å². The molecule has 2 nitrogen and oxygen atoms in total. The van der Waals surface area contributed by atoms with Gasteiger partial charge in [-0.05, 0) is 12.1 Å². The average molecular weight is 210 g/mol. The molecule has 0 unspecified atom stereocenters. The van der Waals surface area contributed by atoms with Crippen LogP contribution in [0.5, 0.6) is 0 Å². The fourth-order valence-electron chi connectivity index (χ4n) is 1.41. The topological polar surface area (TPSA) is 34.1 Å². The first kappa shape index (κ1) is 9.15. The Kier molecular flexibility index (Phi) is 2.21. The SMILES string of the molecule is O=[SH](=O)c1ccc(F)c2ccccc12. The summed E-state index contributed by atoms with van der Waals surface area (Å²) in [7, 11) is -2.67. The van der Waals surface area contributed by atoms with Crippen LogP contribution in [0, 0.1) is 5.82 Å². The molecule has 0 aliphatic heterocycles. The predicted molar refractivity (Wildman–Crippen MR) is 52.5 cm³/mol. The van der Waals surface area contributed by atoms with Crippen LogP contribution in [0.2, 0.25) is 0 Å². The van der Waals surface area contributed by atoms with Gasteiger partial charge in [0.05, 0.1) is 4.90 Å². The van der Waals surface area contributed by atoms with Crippen LogP contribution in [0.4, 0.5) is 4.39 Å². The summed E-state index contributed by atoms with van der Waals surface area (Å²) in [6.07, 6.45) is 0. The molecular weight excluding hydrogens is 203 g/mol. The molecule has 2 rings (SSSR count). The number of thiol groups is 1.